The lowest BCUT2D eigenvalue weighted by molar-refractivity contribution is 0.205. The van der Waals surface area contributed by atoms with E-state index in [9.17, 15) is 8.78 Å². The van der Waals surface area contributed by atoms with Gasteiger partial charge in [-0.15, -0.1) is 0 Å². The van der Waals surface area contributed by atoms with E-state index in [2.05, 4.69) is 17.1 Å². The highest BCUT2D eigenvalue weighted by atomic mass is 19.1. The van der Waals surface area contributed by atoms with Crippen molar-refractivity contribution in [3.8, 4) is 0 Å². The molecule has 1 saturated heterocycles. The van der Waals surface area contributed by atoms with Crippen LogP contribution in [-0.2, 0) is 0 Å². The molecular formula is C16H24F2N2. The van der Waals surface area contributed by atoms with Gasteiger partial charge in [0.05, 0.1) is 0 Å². The zero-order valence-electron chi connectivity index (χ0n) is 12.3. The highest BCUT2D eigenvalue weighted by Crippen LogP contribution is 2.19. The standard InChI is InChI=1S/C16H24F2N2/c1-12(11-20-8-4-3-5-9-20)19-13(2)15-10-14(17)6-7-16(15)18/h6-7,10,12-13,19H,3-5,8-9,11H2,1-2H3. The van der Waals surface area contributed by atoms with Crippen LogP contribution < -0.4 is 5.32 Å². The Bertz CT molecular complexity index is 430. The lowest BCUT2D eigenvalue weighted by Gasteiger charge is -2.30. The van der Waals surface area contributed by atoms with E-state index in [-0.39, 0.29) is 17.9 Å². The molecule has 1 N–H and O–H groups in total. The molecule has 0 spiro atoms. The number of nitrogens with zero attached hydrogens (tertiary/aromatic N) is 1. The molecule has 4 heteroatoms. The Balaban J connectivity index is 1.89. The van der Waals surface area contributed by atoms with E-state index < -0.39 is 5.82 Å². The minimum atomic E-state index is -0.390. The predicted octanol–water partition coefficient (Wildman–Crippen LogP) is 3.49. The summed E-state index contributed by atoms with van der Waals surface area (Å²) in [6, 6.07) is 3.69. The van der Waals surface area contributed by atoms with Crippen LogP contribution in [0.1, 0.15) is 44.7 Å². The minimum Gasteiger partial charge on any atom is -0.306 e. The average molecular weight is 282 g/mol. The Kier molecular flexibility index (Phi) is 5.49. The quantitative estimate of drug-likeness (QED) is 0.889. The number of benzene rings is 1. The molecule has 112 valence electrons. The predicted molar refractivity (Wildman–Crippen MR) is 77.7 cm³/mol. The summed E-state index contributed by atoms with van der Waals surface area (Å²) in [4.78, 5) is 2.44. The van der Waals surface area contributed by atoms with Gasteiger partial charge in [0, 0.05) is 24.2 Å². The van der Waals surface area contributed by atoms with Crippen molar-refractivity contribution in [2.24, 2.45) is 0 Å². The van der Waals surface area contributed by atoms with Gasteiger partial charge in [0.2, 0.25) is 0 Å². The van der Waals surface area contributed by atoms with E-state index in [1.807, 2.05) is 6.92 Å². The molecule has 1 aromatic rings. The number of nitrogens with one attached hydrogen (secondary N) is 1. The van der Waals surface area contributed by atoms with Crippen LogP contribution in [0, 0.1) is 11.6 Å². The van der Waals surface area contributed by atoms with Crippen LogP contribution in [0.4, 0.5) is 8.78 Å². The van der Waals surface area contributed by atoms with Gasteiger partial charge in [-0.1, -0.05) is 6.42 Å². The molecule has 1 fully saturated rings. The zero-order valence-corrected chi connectivity index (χ0v) is 12.3. The van der Waals surface area contributed by atoms with Gasteiger partial charge in [0.25, 0.3) is 0 Å². The maximum atomic E-state index is 13.7. The van der Waals surface area contributed by atoms with Gasteiger partial charge < -0.3 is 10.2 Å². The van der Waals surface area contributed by atoms with Crippen LogP contribution in [0.25, 0.3) is 0 Å². The molecule has 20 heavy (non-hydrogen) atoms. The third-order valence-electron chi connectivity index (χ3n) is 3.94. The molecule has 1 aliphatic heterocycles. The lowest BCUT2D eigenvalue weighted by Crippen LogP contribution is -2.42. The summed E-state index contributed by atoms with van der Waals surface area (Å²) in [5, 5.41) is 3.36. The van der Waals surface area contributed by atoms with E-state index in [1.54, 1.807) is 0 Å². The van der Waals surface area contributed by atoms with Crippen LogP contribution in [0.3, 0.4) is 0 Å². The van der Waals surface area contributed by atoms with Crippen molar-refractivity contribution in [2.75, 3.05) is 19.6 Å². The van der Waals surface area contributed by atoms with Crippen LogP contribution in [0.5, 0.6) is 0 Å². The van der Waals surface area contributed by atoms with E-state index in [0.29, 0.717) is 5.56 Å². The Hall–Kier alpha value is -1.00. The molecule has 2 rings (SSSR count). The molecule has 2 atom stereocenters. The Morgan fingerprint density at radius 3 is 2.55 bits per heavy atom. The van der Waals surface area contributed by atoms with Gasteiger partial charge in [-0.2, -0.15) is 0 Å². The summed E-state index contributed by atoms with van der Waals surface area (Å²) >= 11 is 0. The molecule has 2 nitrogen and oxygen atoms in total. The molecule has 1 aromatic carbocycles. The molecule has 0 saturated carbocycles. The SMILES string of the molecule is CC(CN1CCCCC1)NC(C)c1cc(F)ccc1F. The third-order valence-corrected chi connectivity index (χ3v) is 3.94. The number of halogens is 2. The second kappa shape index (κ2) is 7.14. The fourth-order valence-electron chi connectivity index (χ4n) is 2.94. The molecule has 1 aliphatic rings. The third kappa shape index (κ3) is 4.25. The van der Waals surface area contributed by atoms with E-state index in [0.717, 1.165) is 25.7 Å². The summed E-state index contributed by atoms with van der Waals surface area (Å²) in [5.74, 6) is -0.740. The highest BCUT2D eigenvalue weighted by molar-refractivity contribution is 5.21. The summed E-state index contributed by atoms with van der Waals surface area (Å²) in [6.45, 7) is 7.23. The van der Waals surface area contributed by atoms with E-state index >= 15 is 0 Å². The smallest absolute Gasteiger partial charge is 0.128 e. The molecule has 0 radical (unpaired) electrons. The first-order valence-corrected chi connectivity index (χ1v) is 7.49. The first-order valence-electron chi connectivity index (χ1n) is 7.49. The Morgan fingerprint density at radius 2 is 1.85 bits per heavy atom. The summed E-state index contributed by atoms with van der Waals surface area (Å²) in [5.41, 5.74) is 0.399. The number of likely N-dealkylation sites (tertiary alicyclic amines) is 1. The van der Waals surface area contributed by atoms with Crippen molar-refractivity contribution in [1.29, 1.82) is 0 Å². The largest absolute Gasteiger partial charge is 0.306 e. The maximum absolute atomic E-state index is 13.7. The molecule has 0 aliphatic carbocycles. The number of hydrogen-bond donors (Lipinski definition) is 1. The van der Waals surface area contributed by atoms with Gasteiger partial charge in [0.15, 0.2) is 0 Å². The van der Waals surface area contributed by atoms with Gasteiger partial charge in [-0.3, -0.25) is 0 Å². The summed E-state index contributed by atoms with van der Waals surface area (Å²) < 4.78 is 26.9. The van der Waals surface area contributed by atoms with Gasteiger partial charge in [-0.25, -0.2) is 8.78 Å². The van der Waals surface area contributed by atoms with Crippen molar-refractivity contribution in [3.63, 3.8) is 0 Å². The number of piperidine rings is 1. The first-order chi connectivity index (χ1) is 9.56. The molecular weight excluding hydrogens is 258 g/mol. The second-order valence-electron chi connectivity index (χ2n) is 5.82. The maximum Gasteiger partial charge on any atom is 0.128 e. The van der Waals surface area contributed by atoms with E-state index in [4.69, 9.17) is 0 Å². The number of hydrogen-bond acceptors (Lipinski definition) is 2. The Labute approximate surface area is 120 Å². The summed E-state index contributed by atoms with van der Waals surface area (Å²) in [6.07, 6.45) is 3.85. The van der Waals surface area contributed by atoms with Gasteiger partial charge in [0.1, 0.15) is 11.6 Å². The Morgan fingerprint density at radius 1 is 1.15 bits per heavy atom. The fraction of sp³-hybridized carbons (Fsp3) is 0.625. The molecule has 1 heterocycles. The van der Waals surface area contributed by atoms with Gasteiger partial charge >= 0.3 is 0 Å². The lowest BCUT2D eigenvalue weighted by atomic mass is 10.1. The van der Waals surface area contributed by atoms with Crippen LogP contribution in [-0.4, -0.2) is 30.6 Å². The second-order valence-corrected chi connectivity index (χ2v) is 5.82. The van der Waals surface area contributed by atoms with Crippen molar-refractivity contribution in [2.45, 2.75) is 45.2 Å². The van der Waals surface area contributed by atoms with Crippen LogP contribution >= 0.6 is 0 Å². The fourth-order valence-corrected chi connectivity index (χ4v) is 2.94. The van der Waals surface area contributed by atoms with Gasteiger partial charge in [-0.05, 0) is 58.0 Å². The highest BCUT2D eigenvalue weighted by Gasteiger charge is 2.17. The minimum absolute atomic E-state index is 0.189. The van der Waals surface area contributed by atoms with Crippen molar-refractivity contribution >= 4 is 0 Å². The number of rotatable bonds is 5. The van der Waals surface area contributed by atoms with E-state index in [1.165, 1.54) is 31.4 Å². The molecule has 2 unspecified atom stereocenters. The van der Waals surface area contributed by atoms with Crippen molar-refractivity contribution in [1.82, 2.24) is 10.2 Å². The normalized spacial score (nSPS) is 19.8. The van der Waals surface area contributed by atoms with Crippen molar-refractivity contribution in [3.05, 3.63) is 35.4 Å². The van der Waals surface area contributed by atoms with Crippen molar-refractivity contribution < 1.29 is 8.78 Å². The van der Waals surface area contributed by atoms with Crippen LogP contribution in [0.2, 0.25) is 0 Å². The molecule has 0 aromatic heterocycles. The average Bonchev–Trinajstić information content (AvgIpc) is 2.42. The zero-order chi connectivity index (χ0) is 14.5. The summed E-state index contributed by atoms with van der Waals surface area (Å²) in [7, 11) is 0. The van der Waals surface area contributed by atoms with Crippen LogP contribution in [0.15, 0.2) is 18.2 Å². The monoisotopic (exact) mass is 282 g/mol. The topological polar surface area (TPSA) is 15.3 Å². The molecule has 0 amide bonds. The molecule has 0 bridgehead atoms. The first kappa shape index (κ1) is 15.4.